The number of aromatic hydroxyl groups is 2. The number of nitrogens with zero attached hydrogens (tertiary/aromatic N) is 1. The van der Waals surface area contributed by atoms with E-state index in [0.717, 1.165) is 4.57 Å². The van der Waals surface area contributed by atoms with E-state index in [1.165, 1.54) is 42.5 Å². The maximum Gasteiger partial charge on any atom is 0.333 e. The largest absolute Gasteiger partial charge is 0.508 e. The van der Waals surface area contributed by atoms with Gasteiger partial charge in [-0.3, -0.25) is 4.79 Å². The van der Waals surface area contributed by atoms with Crippen molar-refractivity contribution < 1.29 is 10.2 Å². The minimum Gasteiger partial charge on any atom is -0.508 e. The first-order valence-electron chi connectivity index (χ1n) is 5.84. The first-order valence-corrected chi connectivity index (χ1v) is 5.84. The average molecular weight is 270 g/mol. The van der Waals surface area contributed by atoms with E-state index in [9.17, 15) is 19.8 Å². The van der Waals surface area contributed by atoms with Crippen molar-refractivity contribution in [2.24, 2.45) is 0 Å². The first-order chi connectivity index (χ1) is 9.56. The minimum atomic E-state index is -0.584. The number of fused-ring (bicyclic) bond motifs is 1. The fourth-order valence-corrected chi connectivity index (χ4v) is 2.04. The molecule has 2 aromatic carbocycles. The van der Waals surface area contributed by atoms with Gasteiger partial charge in [0, 0.05) is 0 Å². The Morgan fingerprint density at radius 2 is 1.55 bits per heavy atom. The Labute approximate surface area is 112 Å². The van der Waals surface area contributed by atoms with Crippen LogP contribution in [0.4, 0.5) is 0 Å². The van der Waals surface area contributed by atoms with Crippen LogP contribution in [0.1, 0.15) is 0 Å². The number of phenolic OH excluding ortho intramolecular Hbond substituents is 2. The second-order valence-electron chi connectivity index (χ2n) is 4.32. The Kier molecular flexibility index (Phi) is 2.57. The van der Waals surface area contributed by atoms with Gasteiger partial charge in [0.15, 0.2) is 0 Å². The van der Waals surface area contributed by atoms with Gasteiger partial charge in [0.2, 0.25) is 0 Å². The van der Waals surface area contributed by atoms with Crippen LogP contribution in [0.5, 0.6) is 11.5 Å². The number of hydrogen-bond donors (Lipinski definition) is 3. The molecule has 0 aliphatic carbocycles. The molecule has 0 saturated heterocycles. The normalized spacial score (nSPS) is 10.8. The number of nitrogens with one attached hydrogen (secondary N) is 1. The Bertz CT molecular complexity index is 907. The molecule has 3 aromatic rings. The number of rotatable bonds is 1. The highest BCUT2D eigenvalue weighted by molar-refractivity contribution is 5.79. The Hall–Kier alpha value is -3.02. The standard InChI is InChI=1S/C14H10N2O4/c17-9-3-1-8(2-4-9)16-13(19)11-7-10(18)5-6-12(11)15-14(16)20/h1-7,17-18H,(H,15,20). The molecule has 3 rings (SSSR count). The van der Waals surface area contributed by atoms with E-state index in [1.807, 2.05) is 0 Å². The van der Waals surface area contributed by atoms with Crippen molar-refractivity contribution in [1.29, 1.82) is 0 Å². The molecule has 6 nitrogen and oxygen atoms in total. The molecule has 0 aliphatic heterocycles. The van der Waals surface area contributed by atoms with Crippen LogP contribution in [0.2, 0.25) is 0 Å². The molecule has 0 fully saturated rings. The van der Waals surface area contributed by atoms with Gasteiger partial charge in [0.1, 0.15) is 11.5 Å². The molecule has 0 radical (unpaired) electrons. The molecular weight excluding hydrogens is 260 g/mol. The summed E-state index contributed by atoms with van der Waals surface area (Å²) in [5.74, 6) is -0.0180. The predicted octanol–water partition coefficient (Wildman–Crippen LogP) is 1.09. The lowest BCUT2D eigenvalue weighted by atomic mass is 10.2. The lowest BCUT2D eigenvalue weighted by Crippen LogP contribution is -2.33. The fraction of sp³-hybridized carbons (Fsp3) is 0. The van der Waals surface area contributed by atoms with Crippen LogP contribution < -0.4 is 11.2 Å². The lowest BCUT2D eigenvalue weighted by Gasteiger charge is -2.06. The number of hydrogen-bond acceptors (Lipinski definition) is 4. The first kappa shape index (κ1) is 12.0. The third-order valence-corrected chi connectivity index (χ3v) is 2.99. The average Bonchev–Trinajstić information content (AvgIpc) is 2.42. The monoisotopic (exact) mass is 270 g/mol. The van der Waals surface area contributed by atoms with Crippen molar-refractivity contribution in [2.75, 3.05) is 0 Å². The number of aromatic nitrogens is 2. The highest BCUT2D eigenvalue weighted by Crippen LogP contribution is 2.15. The van der Waals surface area contributed by atoms with Crippen LogP contribution in [-0.4, -0.2) is 19.8 Å². The summed E-state index contributed by atoms with van der Waals surface area (Å²) in [6.07, 6.45) is 0. The van der Waals surface area contributed by atoms with Gasteiger partial charge in [0.05, 0.1) is 16.6 Å². The van der Waals surface area contributed by atoms with Crippen molar-refractivity contribution >= 4 is 10.9 Å². The predicted molar refractivity (Wildman–Crippen MR) is 73.5 cm³/mol. The SMILES string of the molecule is O=c1[nH]c2ccc(O)cc2c(=O)n1-c1ccc(O)cc1. The topological polar surface area (TPSA) is 95.3 Å². The van der Waals surface area contributed by atoms with E-state index >= 15 is 0 Å². The number of aromatic amines is 1. The maximum atomic E-state index is 12.4. The van der Waals surface area contributed by atoms with Gasteiger partial charge in [-0.15, -0.1) is 0 Å². The fourth-order valence-electron chi connectivity index (χ4n) is 2.04. The van der Waals surface area contributed by atoms with Gasteiger partial charge in [-0.2, -0.15) is 0 Å². The molecule has 1 heterocycles. The molecular formula is C14H10N2O4. The van der Waals surface area contributed by atoms with Crippen molar-refractivity contribution in [2.45, 2.75) is 0 Å². The molecule has 0 amide bonds. The highest BCUT2D eigenvalue weighted by Gasteiger charge is 2.10. The summed E-state index contributed by atoms with van der Waals surface area (Å²) >= 11 is 0. The van der Waals surface area contributed by atoms with Crippen LogP contribution >= 0.6 is 0 Å². The summed E-state index contributed by atoms with van der Waals surface area (Å²) in [5.41, 5.74) is -0.434. The van der Waals surface area contributed by atoms with E-state index in [2.05, 4.69) is 4.98 Å². The van der Waals surface area contributed by atoms with Gasteiger partial charge in [-0.25, -0.2) is 9.36 Å². The zero-order chi connectivity index (χ0) is 14.3. The summed E-state index contributed by atoms with van der Waals surface area (Å²) < 4.78 is 0.946. The molecule has 1 aromatic heterocycles. The lowest BCUT2D eigenvalue weighted by molar-refractivity contribution is 0.475. The molecule has 0 bridgehead atoms. The second-order valence-corrected chi connectivity index (χ2v) is 4.32. The molecule has 0 unspecified atom stereocenters. The summed E-state index contributed by atoms with van der Waals surface area (Å²) in [6.45, 7) is 0. The van der Waals surface area contributed by atoms with Gasteiger partial charge in [-0.1, -0.05) is 0 Å². The molecule has 0 saturated carbocycles. The Morgan fingerprint density at radius 1 is 0.900 bits per heavy atom. The van der Waals surface area contributed by atoms with Gasteiger partial charge < -0.3 is 15.2 Å². The Morgan fingerprint density at radius 3 is 2.25 bits per heavy atom. The number of phenols is 2. The molecule has 100 valence electrons. The smallest absolute Gasteiger partial charge is 0.333 e. The van der Waals surface area contributed by atoms with Crippen LogP contribution in [0.3, 0.4) is 0 Å². The van der Waals surface area contributed by atoms with Gasteiger partial charge in [-0.05, 0) is 42.5 Å². The highest BCUT2D eigenvalue weighted by atomic mass is 16.3. The number of H-pyrrole nitrogens is 1. The van der Waals surface area contributed by atoms with E-state index in [1.54, 1.807) is 0 Å². The summed E-state index contributed by atoms with van der Waals surface area (Å²) in [4.78, 5) is 26.9. The zero-order valence-electron chi connectivity index (χ0n) is 10.2. The van der Waals surface area contributed by atoms with Gasteiger partial charge in [0.25, 0.3) is 5.56 Å². The van der Waals surface area contributed by atoms with Crippen LogP contribution in [0, 0.1) is 0 Å². The summed E-state index contributed by atoms with van der Waals surface area (Å²) in [5, 5.41) is 18.9. The molecule has 0 aliphatic rings. The molecule has 0 atom stereocenters. The van der Waals surface area contributed by atoms with E-state index < -0.39 is 11.2 Å². The molecule has 3 N–H and O–H groups in total. The minimum absolute atomic E-state index is 0.0386. The maximum absolute atomic E-state index is 12.4. The summed E-state index contributed by atoms with van der Waals surface area (Å²) in [7, 11) is 0. The van der Waals surface area contributed by atoms with Crippen LogP contribution in [0.15, 0.2) is 52.1 Å². The number of benzene rings is 2. The molecule has 0 spiro atoms. The van der Waals surface area contributed by atoms with Crippen LogP contribution in [-0.2, 0) is 0 Å². The quantitative estimate of drug-likeness (QED) is 0.616. The van der Waals surface area contributed by atoms with E-state index in [4.69, 9.17) is 0 Å². The molecule has 6 heteroatoms. The zero-order valence-corrected chi connectivity index (χ0v) is 10.2. The second kappa shape index (κ2) is 4.27. The van der Waals surface area contributed by atoms with E-state index in [0.29, 0.717) is 11.2 Å². The summed E-state index contributed by atoms with van der Waals surface area (Å²) in [6, 6.07) is 9.84. The van der Waals surface area contributed by atoms with Gasteiger partial charge >= 0.3 is 5.69 Å². The van der Waals surface area contributed by atoms with Crippen LogP contribution in [0.25, 0.3) is 16.6 Å². The van der Waals surface area contributed by atoms with Crippen molar-refractivity contribution in [1.82, 2.24) is 9.55 Å². The Balaban J connectivity index is 2.39. The molecule has 20 heavy (non-hydrogen) atoms. The van der Waals surface area contributed by atoms with E-state index in [-0.39, 0.29) is 16.9 Å². The van der Waals surface area contributed by atoms with Crippen molar-refractivity contribution in [3.8, 4) is 17.2 Å². The van der Waals surface area contributed by atoms with Crippen molar-refractivity contribution in [3.63, 3.8) is 0 Å². The van der Waals surface area contributed by atoms with Crippen molar-refractivity contribution in [3.05, 3.63) is 63.3 Å². The third kappa shape index (κ3) is 1.83. The third-order valence-electron chi connectivity index (χ3n) is 2.99.